The Kier molecular flexibility index (Phi) is 4.17. The van der Waals surface area contributed by atoms with Crippen molar-refractivity contribution in [1.82, 2.24) is 19.7 Å². The van der Waals surface area contributed by atoms with Crippen LogP contribution in [0.3, 0.4) is 0 Å². The zero-order chi connectivity index (χ0) is 17.2. The van der Waals surface area contributed by atoms with E-state index in [-0.39, 0.29) is 5.56 Å². The number of aryl methyl sites for hydroxylation is 1. The van der Waals surface area contributed by atoms with E-state index >= 15 is 0 Å². The molecule has 0 spiro atoms. The van der Waals surface area contributed by atoms with Crippen LogP contribution in [0.2, 0.25) is 0 Å². The van der Waals surface area contributed by atoms with Crippen molar-refractivity contribution in [2.45, 2.75) is 26.3 Å². The van der Waals surface area contributed by atoms with Crippen LogP contribution in [0, 0.1) is 12.8 Å². The van der Waals surface area contributed by atoms with Gasteiger partial charge in [-0.3, -0.25) is 4.79 Å². The van der Waals surface area contributed by atoms with Crippen molar-refractivity contribution in [2.75, 3.05) is 18.0 Å². The van der Waals surface area contributed by atoms with Crippen LogP contribution in [0.25, 0.3) is 10.9 Å². The first kappa shape index (κ1) is 15.7. The van der Waals surface area contributed by atoms with Crippen LogP contribution >= 0.6 is 0 Å². The molecule has 0 atom stereocenters. The number of fused-ring (bicyclic) bond motifs is 1. The Morgan fingerprint density at radius 3 is 2.72 bits per heavy atom. The summed E-state index contributed by atoms with van der Waals surface area (Å²) in [6, 6.07) is 11.5. The van der Waals surface area contributed by atoms with Gasteiger partial charge in [0.25, 0.3) is 5.56 Å². The predicted molar refractivity (Wildman–Crippen MR) is 97.7 cm³/mol. The molecule has 128 valence electrons. The zero-order valence-electron chi connectivity index (χ0n) is 14.3. The molecule has 0 radical (unpaired) electrons. The SMILES string of the molecule is Cc1ccc(=O)n(CC2CCN(c3ncnc4ccccc34)CC2)n1. The first-order chi connectivity index (χ1) is 12.2. The maximum absolute atomic E-state index is 12.0. The fraction of sp³-hybridized carbons (Fsp3) is 0.368. The number of anilines is 1. The van der Waals surface area contributed by atoms with Gasteiger partial charge in [0.1, 0.15) is 12.1 Å². The van der Waals surface area contributed by atoms with Crippen molar-refractivity contribution in [3.63, 3.8) is 0 Å². The molecule has 25 heavy (non-hydrogen) atoms. The van der Waals surface area contributed by atoms with Crippen molar-refractivity contribution in [1.29, 1.82) is 0 Å². The van der Waals surface area contributed by atoms with Crippen molar-refractivity contribution < 1.29 is 0 Å². The second-order valence-corrected chi connectivity index (χ2v) is 6.64. The second kappa shape index (κ2) is 6.63. The Balaban J connectivity index is 1.48. The summed E-state index contributed by atoms with van der Waals surface area (Å²) in [5, 5.41) is 5.45. The highest BCUT2D eigenvalue weighted by molar-refractivity contribution is 5.89. The van der Waals surface area contributed by atoms with Crippen molar-refractivity contribution in [3.8, 4) is 0 Å². The summed E-state index contributed by atoms with van der Waals surface area (Å²) in [5.41, 5.74) is 1.84. The molecule has 0 bridgehead atoms. The maximum atomic E-state index is 12.0. The molecule has 1 saturated heterocycles. The van der Waals surface area contributed by atoms with E-state index in [1.54, 1.807) is 23.1 Å². The van der Waals surface area contributed by atoms with Gasteiger partial charge in [0.15, 0.2) is 0 Å². The fourth-order valence-electron chi connectivity index (χ4n) is 3.50. The van der Waals surface area contributed by atoms with Gasteiger partial charge in [-0.15, -0.1) is 0 Å². The summed E-state index contributed by atoms with van der Waals surface area (Å²) in [6.45, 7) is 4.48. The first-order valence-corrected chi connectivity index (χ1v) is 8.70. The lowest BCUT2D eigenvalue weighted by Crippen LogP contribution is -2.37. The van der Waals surface area contributed by atoms with Crippen molar-refractivity contribution >= 4 is 16.7 Å². The minimum Gasteiger partial charge on any atom is -0.356 e. The van der Waals surface area contributed by atoms with E-state index in [0.717, 1.165) is 48.3 Å². The molecule has 3 heterocycles. The minimum atomic E-state index is -0.0187. The van der Waals surface area contributed by atoms with Crippen LogP contribution in [-0.4, -0.2) is 32.8 Å². The number of aromatic nitrogens is 4. The Bertz CT molecular complexity index is 938. The molecule has 0 aliphatic carbocycles. The average Bonchev–Trinajstić information content (AvgIpc) is 2.65. The predicted octanol–water partition coefficient (Wildman–Crippen LogP) is 2.41. The third kappa shape index (κ3) is 3.24. The van der Waals surface area contributed by atoms with Gasteiger partial charge in [-0.1, -0.05) is 12.1 Å². The monoisotopic (exact) mass is 335 g/mol. The standard InChI is InChI=1S/C19H21N5O/c1-14-6-7-18(25)24(22-14)12-15-8-10-23(11-9-15)19-16-4-2-3-5-17(16)20-13-21-19/h2-7,13,15H,8-12H2,1H3. The number of para-hydroxylation sites is 1. The second-order valence-electron chi connectivity index (χ2n) is 6.64. The molecule has 1 aliphatic rings. The van der Waals surface area contributed by atoms with Crippen LogP contribution in [-0.2, 0) is 6.54 Å². The Morgan fingerprint density at radius 1 is 1.08 bits per heavy atom. The molecule has 4 rings (SSSR count). The summed E-state index contributed by atoms with van der Waals surface area (Å²) in [7, 11) is 0. The highest BCUT2D eigenvalue weighted by atomic mass is 16.1. The van der Waals surface area contributed by atoms with Crippen LogP contribution < -0.4 is 10.5 Å². The van der Waals surface area contributed by atoms with Crippen LogP contribution in [0.1, 0.15) is 18.5 Å². The average molecular weight is 335 g/mol. The van der Waals surface area contributed by atoms with E-state index in [9.17, 15) is 4.79 Å². The summed E-state index contributed by atoms with van der Waals surface area (Å²) < 4.78 is 1.61. The van der Waals surface area contributed by atoms with E-state index in [1.807, 2.05) is 25.1 Å². The van der Waals surface area contributed by atoms with Crippen LogP contribution in [0.4, 0.5) is 5.82 Å². The van der Waals surface area contributed by atoms with Crippen LogP contribution in [0.15, 0.2) is 47.5 Å². The number of rotatable bonds is 3. The molecule has 0 amide bonds. The first-order valence-electron chi connectivity index (χ1n) is 8.70. The van der Waals surface area contributed by atoms with Crippen molar-refractivity contribution in [3.05, 3.63) is 58.8 Å². The molecule has 0 saturated carbocycles. The molecule has 1 fully saturated rings. The number of hydrogen-bond acceptors (Lipinski definition) is 5. The molecule has 6 nitrogen and oxygen atoms in total. The topological polar surface area (TPSA) is 63.9 Å². The lowest BCUT2D eigenvalue weighted by molar-refractivity contribution is 0.333. The van der Waals surface area contributed by atoms with Gasteiger partial charge in [-0.25, -0.2) is 14.6 Å². The highest BCUT2D eigenvalue weighted by Crippen LogP contribution is 2.27. The van der Waals surface area contributed by atoms with Gasteiger partial charge < -0.3 is 4.90 Å². The number of piperidine rings is 1. The molecule has 0 unspecified atom stereocenters. The number of hydrogen-bond donors (Lipinski definition) is 0. The maximum Gasteiger partial charge on any atom is 0.266 e. The number of nitrogens with zero attached hydrogens (tertiary/aromatic N) is 5. The smallest absolute Gasteiger partial charge is 0.266 e. The Hall–Kier alpha value is -2.76. The molecule has 2 aromatic heterocycles. The number of benzene rings is 1. The quantitative estimate of drug-likeness (QED) is 0.735. The summed E-state index contributed by atoms with van der Waals surface area (Å²) >= 11 is 0. The summed E-state index contributed by atoms with van der Waals surface area (Å²) in [6.07, 6.45) is 3.70. The molecule has 1 aromatic carbocycles. The largest absolute Gasteiger partial charge is 0.356 e. The molecule has 6 heteroatoms. The third-order valence-corrected chi connectivity index (χ3v) is 4.87. The van der Waals surface area contributed by atoms with E-state index < -0.39 is 0 Å². The van der Waals surface area contributed by atoms with Gasteiger partial charge in [0, 0.05) is 31.1 Å². The molecule has 3 aromatic rings. The van der Waals surface area contributed by atoms with Crippen LogP contribution in [0.5, 0.6) is 0 Å². The molecule has 1 aliphatic heterocycles. The van der Waals surface area contributed by atoms with E-state index in [2.05, 4.69) is 26.0 Å². The fourth-order valence-corrected chi connectivity index (χ4v) is 3.50. The summed E-state index contributed by atoms with van der Waals surface area (Å²) in [5.74, 6) is 1.48. The van der Waals surface area contributed by atoms with E-state index in [0.29, 0.717) is 12.5 Å². The van der Waals surface area contributed by atoms with E-state index in [1.165, 1.54) is 0 Å². The van der Waals surface area contributed by atoms with Gasteiger partial charge in [0.2, 0.25) is 0 Å². The van der Waals surface area contributed by atoms with Gasteiger partial charge in [-0.2, -0.15) is 5.10 Å². The lowest BCUT2D eigenvalue weighted by atomic mass is 9.96. The molecular weight excluding hydrogens is 314 g/mol. The lowest BCUT2D eigenvalue weighted by Gasteiger charge is -2.33. The Morgan fingerprint density at radius 2 is 1.88 bits per heavy atom. The van der Waals surface area contributed by atoms with Gasteiger partial charge >= 0.3 is 0 Å². The third-order valence-electron chi connectivity index (χ3n) is 4.87. The van der Waals surface area contributed by atoms with E-state index in [4.69, 9.17) is 0 Å². The molecular formula is C19H21N5O. The minimum absolute atomic E-state index is 0.0187. The zero-order valence-corrected chi connectivity index (χ0v) is 14.3. The summed E-state index contributed by atoms with van der Waals surface area (Å²) in [4.78, 5) is 23.1. The van der Waals surface area contributed by atoms with Gasteiger partial charge in [0.05, 0.1) is 11.2 Å². The van der Waals surface area contributed by atoms with Gasteiger partial charge in [-0.05, 0) is 43.9 Å². The normalized spacial score (nSPS) is 15.6. The Labute approximate surface area is 146 Å². The highest BCUT2D eigenvalue weighted by Gasteiger charge is 2.22. The molecule has 0 N–H and O–H groups in total. The van der Waals surface area contributed by atoms with Crippen molar-refractivity contribution in [2.24, 2.45) is 5.92 Å².